The molecule has 2 amide bonds. The van der Waals surface area contributed by atoms with Gasteiger partial charge in [0.1, 0.15) is 0 Å². The van der Waals surface area contributed by atoms with E-state index < -0.39 is 11.4 Å². The predicted octanol–water partition coefficient (Wildman–Crippen LogP) is 2.66. The summed E-state index contributed by atoms with van der Waals surface area (Å²) in [5.74, 6) is -0.782. The maximum absolute atomic E-state index is 12.5. The molecule has 0 aromatic heterocycles. The number of amides is 2. The standard InChI is InChI=1S/C15H28N2O3/c1-6-15(12(18)19)8-7-9-17(11-15)13(20)16(5)10-14(2,3)4/h6-11H2,1-5H3,(H,18,19). The Morgan fingerprint density at radius 2 is 1.95 bits per heavy atom. The maximum Gasteiger partial charge on any atom is 0.319 e. The summed E-state index contributed by atoms with van der Waals surface area (Å²) >= 11 is 0. The molecule has 0 aliphatic carbocycles. The lowest BCUT2D eigenvalue weighted by Gasteiger charge is -2.41. The minimum atomic E-state index is -0.782. The van der Waals surface area contributed by atoms with Crippen LogP contribution in [0.1, 0.15) is 47.0 Å². The zero-order valence-corrected chi connectivity index (χ0v) is 13.4. The Balaban J connectivity index is 2.76. The Hall–Kier alpha value is -1.26. The molecule has 1 fully saturated rings. The monoisotopic (exact) mass is 284 g/mol. The first-order valence-corrected chi connectivity index (χ1v) is 7.35. The van der Waals surface area contributed by atoms with E-state index in [1.807, 2.05) is 6.92 Å². The molecule has 0 aromatic rings. The summed E-state index contributed by atoms with van der Waals surface area (Å²) in [6, 6.07) is -0.0568. The van der Waals surface area contributed by atoms with Crippen LogP contribution in [0.5, 0.6) is 0 Å². The van der Waals surface area contributed by atoms with Crippen molar-refractivity contribution >= 4 is 12.0 Å². The molecule has 1 aliphatic heterocycles. The van der Waals surface area contributed by atoms with Crippen LogP contribution in [-0.4, -0.2) is 53.6 Å². The number of aliphatic carboxylic acids is 1. The maximum atomic E-state index is 12.5. The lowest BCUT2D eigenvalue weighted by Crippen LogP contribution is -2.53. The van der Waals surface area contributed by atoms with E-state index in [4.69, 9.17) is 0 Å². The number of hydrogen-bond acceptors (Lipinski definition) is 2. The number of hydrogen-bond donors (Lipinski definition) is 1. The van der Waals surface area contributed by atoms with Gasteiger partial charge in [-0.1, -0.05) is 27.7 Å². The Kier molecular flexibility index (Phi) is 5.05. The van der Waals surface area contributed by atoms with Gasteiger partial charge in [-0.3, -0.25) is 4.79 Å². The first kappa shape index (κ1) is 16.8. The molecular weight excluding hydrogens is 256 g/mol. The van der Waals surface area contributed by atoms with Gasteiger partial charge < -0.3 is 14.9 Å². The summed E-state index contributed by atoms with van der Waals surface area (Å²) in [5.41, 5.74) is -0.731. The van der Waals surface area contributed by atoms with E-state index in [1.54, 1.807) is 16.8 Å². The van der Waals surface area contributed by atoms with Crippen molar-refractivity contribution in [3.05, 3.63) is 0 Å². The molecule has 1 N–H and O–H groups in total. The van der Waals surface area contributed by atoms with Gasteiger partial charge in [-0.15, -0.1) is 0 Å². The smallest absolute Gasteiger partial charge is 0.319 e. The summed E-state index contributed by atoms with van der Waals surface area (Å²) in [5, 5.41) is 9.46. The predicted molar refractivity (Wildman–Crippen MR) is 78.6 cm³/mol. The molecule has 0 saturated carbocycles. The highest BCUT2D eigenvalue weighted by atomic mass is 16.4. The fraction of sp³-hybridized carbons (Fsp3) is 0.867. The lowest BCUT2D eigenvalue weighted by atomic mass is 9.78. The molecule has 0 radical (unpaired) electrons. The Morgan fingerprint density at radius 3 is 2.40 bits per heavy atom. The van der Waals surface area contributed by atoms with Crippen molar-refractivity contribution in [3.8, 4) is 0 Å². The third-order valence-electron chi connectivity index (χ3n) is 4.02. The molecular formula is C15H28N2O3. The van der Waals surface area contributed by atoms with Gasteiger partial charge >= 0.3 is 12.0 Å². The molecule has 1 unspecified atom stereocenters. The molecule has 116 valence electrons. The van der Waals surface area contributed by atoms with Crippen LogP contribution in [0.3, 0.4) is 0 Å². The summed E-state index contributed by atoms with van der Waals surface area (Å²) in [6.07, 6.45) is 1.98. The largest absolute Gasteiger partial charge is 0.481 e. The molecule has 20 heavy (non-hydrogen) atoms. The van der Waals surface area contributed by atoms with Gasteiger partial charge in [0.2, 0.25) is 0 Å². The van der Waals surface area contributed by atoms with Crippen molar-refractivity contribution in [2.45, 2.75) is 47.0 Å². The highest BCUT2D eigenvalue weighted by molar-refractivity contribution is 5.78. The van der Waals surface area contributed by atoms with Crippen molar-refractivity contribution in [3.63, 3.8) is 0 Å². The first-order valence-electron chi connectivity index (χ1n) is 7.35. The van der Waals surface area contributed by atoms with Gasteiger partial charge in [-0.25, -0.2) is 4.79 Å². The van der Waals surface area contributed by atoms with Gasteiger partial charge in [-0.05, 0) is 24.7 Å². The number of carbonyl (C=O) groups is 2. The summed E-state index contributed by atoms with van der Waals surface area (Å²) in [4.78, 5) is 27.4. The second-order valence-electron chi connectivity index (χ2n) is 7.16. The van der Waals surface area contributed by atoms with Crippen molar-refractivity contribution < 1.29 is 14.7 Å². The summed E-state index contributed by atoms with van der Waals surface area (Å²) < 4.78 is 0. The van der Waals surface area contributed by atoms with Crippen LogP contribution in [0, 0.1) is 10.8 Å². The second kappa shape index (κ2) is 6.02. The minimum absolute atomic E-state index is 0.0365. The highest BCUT2D eigenvalue weighted by Crippen LogP contribution is 2.34. The number of likely N-dealkylation sites (tertiary alicyclic amines) is 1. The number of carbonyl (C=O) groups excluding carboxylic acids is 1. The quantitative estimate of drug-likeness (QED) is 0.866. The summed E-state index contributed by atoms with van der Waals surface area (Å²) in [6.45, 7) is 9.78. The Bertz CT molecular complexity index is 376. The third kappa shape index (κ3) is 3.87. The molecule has 5 heteroatoms. The zero-order valence-electron chi connectivity index (χ0n) is 13.4. The van der Waals surface area contributed by atoms with E-state index in [-0.39, 0.29) is 11.4 Å². The molecule has 5 nitrogen and oxygen atoms in total. The normalized spacial score (nSPS) is 23.6. The van der Waals surface area contributed by atoms with E-state index in [0.29, 0.717) is 32.5 Å². The number of carboxylic acid groups (broad SMARTS) is 1. The van der Waals surface area contributed by atoms with Gasteiger partial charge in [0.05, 0.1) is 5.41 Å². The highest BCUT2D eigenvalue weighted by Gasteiger charge is 2.42. The molecule has 1 heterocycles. The molecule has 1 aliphatic rings. The Morgan fingerprint density at radius 1 is 1.35 bits per heavy atom. The molecule has 1 saturated heterocycles. The lowest BCUT2D eigenvalue weighted by molar-refractivity contribution is -0.152. The van der Waals surface area contributed by atoms with Crippen molar-refractivity contribution in [1.82, 2.24) is 9.80 Å². The second-order valence-corrected chi connectivity index (χ2v) is 7.16. The van der Waals surface area contributed by atoms with Crippen molar-refractivity contribution in [2.75, 3.05) is 26.7 Å². The minimum Gasteiger partial charge on any atom is -0.481 e. The van der Waals surface area contributed by atoms with Crippen molar-refractivity contribution in [1.29, 1.82) is 0 Å². The van der Waals surface area contributed by atoms with Gasteiger partial charge in [-0.2, -0.15) is 0 Å². The van der Waals surface area contributed by atoms with E-state index >= 15 is 0 Å². The molecule has 1 atom stereocenters. The Labute approximate surface area is 121 Å². The van der Waals surface area contributed by atoms with E-state index in [1.165, 1.54) is 0 Å². The van der Waals surface area contributed by atoms with Crippen LogP contribution in [0.4, 0.5) is 4.79 Å². The van der Waals surface area contributed by atoms with Crippen LogP contribution < -0.4 is 0 Å². The van der Waals surface area contributed by atoms with E-state index in [9.17, 15) is 14.7 Å². The van der Waals surface area contributed by atoms with E-state index in [2.05, 4.69) is 20.8 Å². The molecule has 1 rings (SSSR count). The zero-order chi connectivity index (χ0) is 15.6. The van der Waals surface area contributed by atoms with Crippen LogP contribution >= 0.6 is 0 Å². The number of carboxylic acids is 1. The van der Waals surface area contributed by atoms with Gasteiger partial charge in [0.15, 0.2) is 0 Å². The fourth-order valence-electron chi connectivity index (χ4n) is 2.93. The average Bonchev–Trinajstić information content (AvgIpc) is 2.35. The first-order chi connectivity index (χ1) is 9.11. The molecule has 0 spiro atoms. The third-order valence-corrected chi connectivity index (χ3v) is 4.02. The van der Waals surface area contributed by atoms with Gasteiger partial charge in [0, 0.05) is 26.7 Å². The topological polar surface area (TPSA) is 60.9 Å². The van der Waals surface area contributed by atoms with Crippen LogP contribution in [0.15, 0.2) is 0 Å². The van der Waals surface area contributed by atoms with Crippen LogP contribution in [0.25, 0.3) is 0 Å². The van der Waals surface area contributed by atoms with E-state index in [0.717, 1.165) is 6.42 Å². The average molecular weight is 284 g/mol. The SMILES string of the molecule is CCC1(C(=O)O)CCCN(C(=O)N(C)CC(C)(C)C)C1. The number of nitrogens with zero attached hydrogens (tertiary/aromatic N) is 2. The van der Waals surface area contributed by atoms with Crippen LogP contribution in [0.2, 0.25) is 0 Å². The molecule has 0 aromatic carbocycles. The number of urea groups is 1. The summed E-state index contributed by atoms with van der Waals surface area (Å²) in [7, 11) is 1.79. The molecule has 0 bridgehead atoms. The van der Waals surface area contributed by atoms with Gasteiger partial charge in [0.25, 0.3) is 0 Å². The number of piperidine rings is 1. The van der Waals surface area contributed by atoms with Crippen LogP contribution in [-0.2, 0) is 4.79 Å². The van der Waals surface area contributed by atoms with Crippen molar-refractivity contribution in [2.24, 2.45) is 10.8 Å². The fourth-order valence-corrected chi connectivity index (χ4v) is 2.93. The number of rotatable bonds is 3.